The first-order valence-electron chi connectivity index (χ1n) is 8.28. The second-order valence-electron chi connectivity index (χ2n) is 5.91. The van der Waals surface area contributed by atoms with Gasteiger partial charge in [-0.25, -0.2) is 9.29 Å². The topological polar surface area (TPSA) is 196 Å². The fourth-order valence-corrected chi connectivity index (χ4v) is 4.17. The Hall–Kier alpha value is -1.82. The fourth-order valence-electron chi connectivity index (χ4n) is 2.51. The molecule has 1 aromatic heterocycles. The van der Waals surface area contributed by atoms with E-state index in [1.807, 2.05) is 0 Å². The summed E-state index contributed by atoms with van der Waals surface area (Å²) in [4.78, 5) is 56.0. The number of rotatable bonds is 9. The van der Waals surface area contributed by atoms with Crippen molar-refractivity contribution >= 4 is 97.3 Å². The van der Waals surface area contributed by atoms with Gasteiger partial charge in [-0.3, -0.25) is 23.7 Å². The monoisotopic (exact) mass is 520 g/mol. The van der Waals surface area contributed by atoms with E-state index in [4.69, 9.17) is 11.6 Å². The van der Waals surface area contributed by atoms with Crippen molar-refractivity contribution in [2.45, 2.75) is 19.0 Å². The Kier molecular flexibility index (Phi) is 10.5. The van der Waals surface area contributed by atoms with Crippen LogP contribution in [-0.2, 0) is 34.3 Å². The van der Waals surface area contributed by atoms with Crippen molar-refractivity contribution in [1.82, 2.24) is 19.9 Å². The fraction of sp³-hybridized carbons (Fsp3) is 0.429. The minimum absolute atomic E-state index is 0. The molecule has 0 aliphatic carbocycles. The van der Waals surface area contributed by atoms with Crippen LogP contribution in [0.25, 0.3) is 0 Å². The molecule has 2 rings (SSSR count). The first-order valence-corrected chi connectivity index (χ1v) is 11.1. The molecule has 0 aromatic carbocycles. The van der Waals surface area contributed by atoms with Gasteiger partial charge >= 0.3 is 39.9 Å². The van der Waals surface area contributed by atoms with E-state index >= 15 is 0 Å². The molecule has 4 N–H and O–H groups in total. The molecule has 18 heteroatoms. The zero-order valence-corrected chi connectivity index (χ0v) is 18.4. The summed E-state index contributed by atoms with van der Waals surface area (Å²) in [5, 5.41) is 12.0. The number of nitrogens with zero attached hydrogens (tertiary/aromatic N) is 3. The van der Waals surface area contributed by atoms with Gasteiger partial charge in [0.2, 0.25) is 11.8 Å². The van der Waals surface area contributed by atoms with E-state index in [2.05, 4.69) is 30.9 Å². The molecule has 2 atom stereocenters. The summed E-state index contributed by atoms with van der Waals surface area (Å²) in [7, 11) is -3.75. The normalized spacial score (nSPS) is 18.2. The van der Waals surface area contributed by atoms with Gasteiger partial charge in [-0.15, -0.1) is 22.9 Å². The van der Waals surface area contributed by atoms with Crippen molar-refractivity contribution in [2.75, 3.05) is 24.9 Å². The standard InChI is InChI=1S/C14H17ClN6O8S2.Na.H/c1-6(22)16-4-8-11(13(25)21(8)31(26,27)28)19-12(24)10(20-29-2)7-5-30-14(17-7)18-9(23)3-15;;/h5,8,11H,3-4H2,1-2H3,(H,16,22)(H,19,24)(H,17,18,23)(H,26,27,28);;/b20-10-;;. The van der Waals surface area contributed by atoms with E-state index in [1.165, 1.54) is 5.38 Å². The average Bonchev–Trinajstić information content (AvgIpc) is 3.13. The van der Waals surface area contributed by atoms with Crippen LogP contribution in [0.4, 0.5) is 5.13 Å². The van der Waals surface area contributed by atoms with E-state index in [1.54, 1.807) is 0 Å². The van der Waals surface area contributed by atoms with Gasteiger partial charge in [-0.05, 0) is 0 Å². The maximum absolute atomic E-state index is 12.7. The zero-order chi connectivity index (χ0) is 23.3. The van der Waals surface area contributed by atoms with Crippen LogP contribution in [0.5, 0.6) is 0 Å². The van der Waals surface area contributed by atoms with Gasteiger partial charge < -0.3 is 20.8 Å². The first kappa shape index (κ1) is 28.2. The Morgan fingerprint density at radius 1 is 1.41 bits per heavy atom. The van der Waals surface area contributed by atoms with Crippen LogP contribution in [0.2, 0.25) is 0 Å². The molecule has 0 spiro atoms. The van der Waals surface area contributed by atoms with E-state index in [0.29, 0.717) is 0 Å². The number of oxime groups is 1. The number of amides is 4. The number of anilines is 1. The SMILES string of the molecule is CO/N=C(\C(=O)NC1C(=O)N(S(=O)(=O)O)C1CNC(C)=O)c1csc(NC(=O)CCl)n1.[NaH]. The van der Waals surface area contributed by atoms with Crippen molar-refractivity contribution in [3.8, 4) is 0 Å². The Bertz CT molecular complexity index is 1030. The molecule has 14 nitrogen and oxygen atoms in total. The van der Waals surface area contributed by atoms with Gasteiger partial charge in [0.05, 0.1) is 6.04 Å². The molecule has 2 unspecified atom stereocenters. The Morgan fingerprint density at radius 3 is 2.59 bits per heavy atom. The number of aromatic nitrogens is 1. The van der Waals surface area contributed by atoms with E-state index in [-0.39, 0.29) is 62.8 Å². The van der Waals surface area contributed by atoms with Crippen LogP contribution in [0.15, 0.2) is 10.5 Å². The van der Waals surface area contributed by atoms with Crippen molar-refractivity contribution in [2.24, 2.45) is 5.16 Å². The molecule has 0 saturated carbocycles. The molecule has 2 heterocycles. The molecule has 1 saturated heterocycles. The number of carbonyl (C=O) groups excluding carboxylic acids is 4. The van der Waals surface area contributed by atoms with E-state index in [0.717, 1.165) is 25.4 Å². The predicted octanol–water partition coefficient (Wildman–Crippen LogP) is -2.34. The first-order chi connectivity index (χ1) is 14.5. The Balaban J connectivity index is 0.00000512. The zero-order valence-electron chi connectivity index (χ0n) is 16.0. The van der Waals surface area contributed by atoms with Gasteiger partial charge in [0, 0.05) is 18.8 Å². The second-order valence-corrected chi connectivity index (χ2v) is 8.32. The molecular formula is C14H18ClN6NaO8S2. The number of nitrogens with one attached hydrogen (secondary N) is 3. The number of hydrogen-bond donors (Lipinski definition) is 4. The maximum atomic E-state index is 12.7. The summed E-state index contributed by atoms with van der Waals surface area (Å²) in [5.41, 5.74) is -0.382. The molecule has 0 bridgehead atoms. The van der Waals surface area contributed by atoms with Crippen molar-refractivity contribution in [3.05, 3.63) is 11.1 Å². The summed E-state index contributed by atoms with van der Waals surface area (Å²) in [5.74, 6) is -3.42. The van der Waals surface area contributed by atoms with E-state index < -0.39 is 46.0 Å². The number of hydrogen-bond acceptors (Lipinski definition) is 10. The molecule has 1 aliphatic heterocycles. The van der Waals surface area contributed by atoms with Crippen molar-refractivity contribution < 1.29 is 37.0 Å². The molecule has 1 fully saturated rings. The summed E-state index contributed by atoms with van der Waals surface area (Å²) < 4.78 is 32.2. The van der Waals surface area contributed by atoms with Crippen LogP contribution >= 0.6 is 22.9 Å². The average molecular weight is 521 g/mol. The Labute approximate surface area is 213 Å². The molecule has 172 valence electrons. The third-order valence-electron chi connectivity index (χ3n) is 3.78. The summed E-state index contributed by atoms with van der Waals surface area (Å²) in [6.45, 7) is 0.811. The van der Waals surface area contributed by atoms with Gasteiger partial charge in [0.25, 0.3) is 11.8 Å². The van der Waals surface area contributed by atoms with Gasteiger partial charge in [-0.2, -0.15) is 8.42 Å². The number of carbonyl (C=O) groups is 4. The minimum atomic E-state index is -4.91. The second kappa shape index (κ2) is 11.9. The van der Waals surface area contributed by atoms with Crippen LogP contribution in [0.3, 0.4) is 0 Å². The van der Waals surface area contributed by atoms with Crippen LogP contribution < -0.4 is 16.0 Å². The van der Waals surface area contributed by atoms with Crippen molar-refractivity contribution in [3.63, 3.8) is 0 Å². The summed E-state index contributed by atoms with van der Waals surface area (Å²) >= 11 is 6.37. The van der Waals surface area contributed by atoms with Crippen LogP contribution in [-0.4, -0.2) is 113 Å². The van der Waals surface area contributed by atoms with Crippen molar-refractivity contribution in [1.29, 1.82) is 0 Å². The molecule has 1 aromatic rings. The number of β-lactam (4-membered cyclic amide) rings is 1. The molecule has 1 aliphatic rings. The number of thiazole rings is 1. The van der Waals surface area contributed by atoms with E-state index in [9.17, 15) is 32.1 Å². The predicted molar refractivity (Wildman–Crippen MR) is 115 cm³/mol. The quantitative estimate of drug-likeness (QED) is 0.0688. The summed E-state index contributed by atoms with van der Waals surface area (Å²) in [6, 6.07) is -2.66. The molecule has 4 amide bonds. The van der Waals surface area contributed by atoms with Crippen LogP contribution in [0.1, 0.15) is 12.6 Å². The third-order valence-corrected chi connectivity index (χ3v) is 5.73. The van der Waals surface area contributed by atoms with Gasteiger partial charge in [-0.1, -0.05) is 5.16 Å². The molecule has 32 heavy (non-hydrogen) atoms. The summed E-state index contributed by atoms with van der Waals surface area (Å²) in [6.07, 6.45) is 0. The number of alkyl halides is 1. The number of halogens is 1. The Morgan fingerprint density at radius 2 is 2.06 bits per heavy atom. The van der Waals surface area contributed by atoms with Crippen LogP contribution in [0, 0.1) is 0 Å². The third kappa shape index (κ3) is 6.84. The molecule has 0 radical (unpaired) electrons. The van der Waals surface area contributed by atoms with Gasteiger partial charge in [0.1, 0.15) is 24.7 Å². The molecular weight excluding hydrogens is 503 g/mol. The van der Waals surface area contributed by atoms with Gasteiger partial charge in [0.15, 0.2) is 10.8 Å².